The zero-order valence-electron chi connectivity index (χ0n) is 20.7. The van der Waals surface area contributed by atoms with Gasteiger partial charge in [0.1, 0.15) is 27.5 Å². The minimum atomic E-state index is -0.140. The van der Waals surface area contributed by atoms with E-state index in [-0.39, 0.29) is 24.9 Å². The van der Waals surface area contributed by atoms with Gasteiger partial charge in [-0.2, -0.15) is 0 Å². The highest BCUT2D eigenvalue weighted by Gasteiger charge is 2.23. The van der Waals surface area contributed by atoms with Crippen molar-refractivity contribution in [3.05, 3.63) is 42.0 Å². The SMILES string of the molecule is COc1ccc(OC)c2sc(N(CCCN(C)C)C(=O)COc3ccc(C(C)C)cc3)nc12.Cl. The molecule has 0 fully saturated rings. The Hall–Kier alpha value is -2.55. The molecule has 0 saturated carbocycles. The number of hydrogen-bond acceptors (Lipinski definition) is 7. The molecule has 1 amide bonds. The minimum Gasteiger partial charge on any atom is -0.495 e. The minimum absolute atomic E-state index is 0. The van der Waals surface area contributed by atoms with Gasteiger partial charge in [0, 0.05) is 6.54 Å². The standard InChI is InChI=1S/C25H33N3O4S.ClH/c1-17(2)18-8-10-19(11-9-18)32-16-22(29)28(15-7-14-27(3)4)25-26-23-20(30-5)12-13-21(31-6)24(23)33-25;/h8-13,17H,7,14-16H2,1-6H3;1H. The fourth-order valence-electron chi connectivity index (χ4n) is 3.43. The Bertz CT molecular complexity index is 1030. The second kappa shape index (κ2) is 12.8. The molecule has 0 saturated heterocycles. The number of nitrogens with zero attached hydrogens (tertiary/aromatic N) is 3. The maximum atomic E-state index is 13.2. The topological polar surface area (TPSA) is 64.1 Å². The highest BCUT2D eigenvalue weighted by Crippen LogP contribution is 2.40. The number of ether oxygens (including phenoxy) is 3. The van der Waals surface area contributed by atoms with Crippen LogP contribution >= 0.6 is 23.7 Å². The lowest BCUT2D eigenvalue weighted by Gasteiger charge is -2.21. The summed E-state index contributed by atoms with van der Waals surface area (Å²) in [5, 5.41) is 0.607. The second-order valence-electron chi connectivity index (χ2n) is 8.36. The average Bonchev–Trinajstić information content (AvgIpc) is 3.24. The van der Waals surface area contributed by atoms with Crippen LogP contribution in [0, 0.1) is 0 Å². The first-order valence-corrected chi connectivity index (χ1v) is 11.8. The van der Waals surface area contributed by atoms with Crippen LogP contribution in [0.1, 0.15) is 31.7 Å². The number of thiazole rings is 1. The van der Waals surface area contributed by atoms with Crippen molar-refractivity contribution in [1.82, 2.24) is 9.88 Å². The quantitative estimate of drug-likeness (QED) is 0.354. The van der Waals surface area contributed by atoms with Gasteiger partial charge in [0.25, 0.3) is 5.91 Å². The summed E-state index contributed by atoms with van der Waals surface area (Å²) in [4.78, 5) is 21.8. The zero-order chi connectivity index (χ0) is 24.0. The van der Waals surface area contributed by atoms with Crippen molar-refractivity contribution in [2.24, 2.45) is 0 Å². The molecule has 1 aromatic heterocycles. The van der Waals surface area contributed by atoms with E-state index in [1.807, 2.05) is 50.5 Å². The average molecular weight is 508 g/mol. The molecule has 186 valence electrons. The number of amides is 1. The van der Waals surface area contributed by atoms with E-state index in [2.05, 4.69) is 18.7 Å². The van der Waals surface area contributed by atoms with E-state index >= 15 is 0 Å². The van der Waals surface area contributed by atoms with Crippen molar-refractivity contribution < 1.29 is 19.0 Å². The monoisotopic (exact) mass is 507 g/mol. The van der Waals surface area contributed by atoms with E-state index in [0.29, 0.717) is 40.4 Å². The molecule has 0 spiro atoms. The van der Waals surface area contributed by atoms with E-state index in [1.54, 1.807) is 19.1 Å². The normalized spacial score (nSPS) is 10.9. The number of fused-ring (bicyclic) bond motifs is 1. The summed E-state index contributed by atoms with van der Waals surface area (Å²) in [7, 11) is 7.27. The van der Waals surface area contributed by atoms with Crippen LogP contribution in [0.4, 0.5) is 5.13 Å². The highest BCUT2D eigenvalue weighted by molar-refractivity contribution is 7.22. The van der Waals surface area contributed by atoms with Gasteiger partial charge >= 0.3 is 0 Å². The third kappa shape index (κ3) is 6.74. The summed E-state index contributed by atoms with van der Waals surface area (Å²) in [6.07, 6.45) is 0.812. The van der Waals surface area contributed by atoms with E-state index in [0.717, 1.165) is 17.7 Å². The molecule has 0 aliphatic carbocycles. The summed E-state index contributed by atoms with van der Waals surface area (Å²) in [5.74, 6) is 2.33. The van der Waals surface area contributed by atoms with Gasteiger partial charge in [-0.05, 0) is 62.8 Å². The van der Waals surface area contributed by atoms with Crippen molar-refractivity contribution in [3.8, 4) is 17.2 Å². The molecule has 0 aliphatic heterocycles. The number of rotatable bonds is 11. The van der Waals surface area contributed by atoms with Crippen LogP contribution in [0.25, 0.3) is 10.2 Å². The first-order chi connectivity index (χ1) is 15.8. The molecular formula is C25H34ClN3O4S. The molecule has 1 heterocycles. The lowest BCUT2D eigenvalue weighted by molar-refractivity contribution is -0.120. The fraction of sp³-hybridized carbons (Fsp3) is 0.440. The third-order valence-corrected chi connectivity index (χ3v) is 6.42. The molecule has 0 aliphatic rings. The van der Waals surface area contributed by atoms with Crippen LogP contribution in [-0.2, 0) is 4.79 Å². The highest BCUT2D eigenvalue weighted by atomic mass is 35.5. The number of carbonyl (C=O) groups is 1. The molecule has 2 aromatic carbocycles. The predicted molar refractivity (Wildman–Crippen MR) is 142 cm³/mol. The fourth-order valence-corrected chi connectivity index (χ4v) is 4.55. The summed E-state index contributed by atoms with van der Waals surface area (Å²) in [6.45, 7) is 5.63. The largest absolute Gasteiger partial charge is 0.495 e. The van der Waals surface area contributed by atoms with Crippen molar-refractivity contribution in [2.75, 3.05) is 52.9 Å². The van der Waals surface area contributed by atoms with Crippen LogP contribution < -0.4 is 19.1 Å². The Morgan fingerprint density at radius 2 is 1.65 bits per heavy atom. The van der Waals surface area contributed by atoms with Crippen LogP contribution in [-0.4, -0.2) is 63.8 Å². The van der Waals surface area contributed by atoms with Gasteiger partial charge in [-0.3, -0.25) is 9.69 Å². The van der Waals surface area contributed by atoms with Crippen molar-refractivity contribution >= 4 is 45.0 Å². The molecule has 0 bridgehead atoms. The Kier molecular flexibility index (Phi) is 10.4. The molecule has 3 aromatic rings. The summed E-state index contributed by atoms with van der Waals surface area (Å²) >= 11 is 1.42. The van der Waals surface area contributed by atoms with Gasteiger partial charge in [-0.15, -0.1) is 12.4 Å². The van der Waals surface area contributed by atoms with E-state index in [9.17, 15) is 4.79 Å². The van der Waals surface area contributed by atoms with Gasteiger partial charge in [-0.1, -0.05) is 37.3 Å². The molecule has 9 heteroatoms. The lowest BCUT2D eigenvalue weighted by Crippen LogP contribution is -2.36. The molecule has 0 atom stereocenters. The van der Waals surface area contributed by atoms with Crippen LogP contribution in [0.3, 0.4) is 0 Å². The van der Waals surface area contributed by atoms with E-state index < -0.39 is 0 Å². The summed E-state index contributed by atoms with van der Waals surface area (Å²) in [5.41, 5.74) is 1.92. The smallest absolute Gasteiger partial charge is 0.266 e. The van der Waals surface area contributed by atoms with E-state index in [4.69, 9.17) is 19.2 Å². The van der Waals surface area contributed by atoms with Crippen LogP contribution in [0.2, 0.25) is 0 Å². The van der Waals surface area contributed by atoms with Crippen molar-refractivity contribution in [2.45, 2.75) is 26.2 Å². The molecule has 34 heavy (non-hydrogen) atoms. The van der Waals surface area contributed by atoms with Crippen molar-refractivity contribution in [3.63, 3.8) is 0 Å². The molecule has 0 radical (unpaired) electrons. The molecule has 0 N–H and O–H groups in total. The third-order valence-electron chi connectivity index (χ3n) is 5.33. The number of benzene rings is 2. The maximum Gasteiger partial charge on any atom is 0.266 e. The van der Waals surface area contributed by atoms with Gasteiger partial charge in [-0.25, -0.2) is 4.98 Å². The number of methoxy groups -OCH3 is 2. The van der Waals surface area contributed by atoms with Crippen LogP contribution in [0.15, 0.2) is 36.4 Å². The lowest BCUT2D eigenvalue weighted by atomic mass is 10.0. The number of anilines is 1. The molecule has 7 nitrogen and oxygen atoms in total. The van der Waals surface area contributed by atoms with E-state index in [1.165, 1.54) is 16.9 Å². The Morgan fingerprint density at radius 3 is 2.24 bits per heavy atom. The Morgan fingerprint density at radius 1 is 1.00 bits per heavy atom. The first kappa shape index (κ1) is 27.7. The molecule has 0 unspecified atom stereocenters. The maximum absolute atomic E-state index is 13.2. The van der Waals surface area contributed by atoms with Crippen molar-refractivity contribution in [1.29, 1.82) is 0 Å². The van der Waals surface area contributed by atoms with Gasteiger partial charge in [0.2, 0.25) is 0 Å². The number of hydrogen-bond donors (Lipinski definition) is 0. The predicted octanol–water partition coefficient (Wildman–Crippen LogP) is 5.22. The molecule has 3 rings (SSSR count). The Balaban J connectivity index is 0.00000408. The number of carbonyl (C=O) groups excluding carboxylic acids is 1. The second-order valence-corrected chi connectivity index (χ2v) is 9.34. The summed E-state index contributed by atoms with van der Waals surface area (Å²) in [6, 6.07) is 11.6. The van der Waals surface area contributed by atoms with Crippen LogP contribution in [0.5, 0.6) is 17.2 Å². The Labute approximate surface area is 212 Å². The first-order valence-electron chi connectivity index (χ1n) is 11.0. The van der Waals surface area contributed by atoms with Gasteiger partial charge in [0.05, 0.1) is 14.2 Å². The summed E-state index contributed by atoms with van der Waals surface area (Å²) < 4.78 is 17.7. The zero-order valence-corrected chi connectivity index (χ0v) is 22.3. The number of aromatic nitrogens is 1. The van der Waals surface area contributed by atoms with Gasteiger partial charge < -0.3 is 19.1 Å². The number of halogens is 1. The molecular weight excluding hydrogens is 474 g/mol. The van der Waals surface area contributed by atoms with Gasteiger partial charge in [0.15, 0.2) is 11.7 Å².